The van der Waals surface area contributed by atoms with Gasteiger partial charge in [0.1, 0.15) is 18.7 Å². The monoisotopic (exact) mass is 694 g/mol. The van der Waals surface area contributed by atoms with Crippen molar-refractivity contribution in [2.75, 3.05) is 27.2 Å². The summed E-state index contributed by atoms with van der Waals surface area (Å²) in [5.41, 5.74) is 6.89. The molecule has 1 saturated heterocycles. The summed E-state index contributed by atoms with van der Waals surface area (Å²) < 4.78 is 5.42. The van der Waals surface area contributed by atoms with Crippen molar-refractivity contribution in [3.05, 3.63) is 35.4 Å². The van der Waals surface area contributed by atoms with E-state index in [1.54, 1.807) is 19.0 Å². The number of primary amides is 1. The van der Waals surface area contributed by atoms with Crippen molar-refractivity contribution in [1.82, 2.24) is 25.8 Å². The van der Waals surface area contributed by atoms with Gasteiger partial charge in [0.25, 0.3) is 5.91 Å². The fourth-order valence-corrected chi connectivity index (χ4v) is 8.06. The molecule has 0 radical (unpaired) electrons. The first kappa shape index (κ1) is 37.1. The SMILES string of the molecule is CN(C)C(=O)OC[C@@H](NC(=O)N[C@H](C(=O)N1C[C@H]2[C@@H]([C@H]1C(=O)NC(CC1CCC1)C(=O)C(N)=O)C2(C)C)C1Cc2ccccc2C1)C(C)(C)C. The Bertz CT molecular complexity index is 1490. The molecule has 274 valence electrons. The van der Waals surface area contributed by atoms with Crippen LogP contribution >= 0.6 is 0 Å². The Kier molecular flexibility index (Phi) is 10.6. The lowest BCUT2D eigenvalue weighted by Gasteiger charge is -2.36. The number of amides is 6. The van der Waals surface area contributed by atoms with Crippen molar-refractivity contribution >= 4 is 35.6 Å². The minimum atomic E-state index is -1.10. The highest BCUT2D eigenvalue weighted by Crippen LogP contribution is 2.65. The number of ketones is 1. The molecule has 3 fully saturated rings. The summed E-state index contributed by atoms with van der Waals surface area (Å²) in [5, 5.41) is 8.74. The van der Waals surface area contributed by atoms with Gasteiger partial charge in [-0.2, -0.15) is 0 Å². The fourth-order valence-electron chi connectivity index (χ4n) is 8.06. The molecule has 0 aromatic heterocycles. The zero-order chi connectivity index (χ0) is 36.7. The van der Waals surface area contributed by atoms with E-state index in [1.165, 1.54) is 4.90 Å². The summed E-state index contributed by atoms with van der Waals surface area (Å²) in [5.74, 6) is -2.93. The van der Waals surface area contributed by atoms with E-state index in [-0.39, 0.29) is 41.6 Å². The quantitative estimate of drug-likeness (QED) is 0.243. The van der Waals surface area contributed by atoms with Crippen LogP contribution in [0.2, 0.25) is 0 Å². The maximum atomic E-state index is 14.7. The Hall–Kier alpha value is -4.16. The van der Waals surface area contributed by atoms with Gasteiger partial charge in [-0.25, -0.2) is 9.59 Å². The summed E-state index contributed by atoms with van der Waals surface area (Å²) in [6.45, 7) is 10.1. The minimum absolute atomic E-state index is 0.0611. The molecule has 1 aromatic rings. The lowest BCUT2D eigenvalue weighted by Crippen LogP contribution is -2.61. The molecule has 13 nitrogen and oxygen atoms in total. The van der Waals surface area contributed by atoms with Crippen molar-refractivity contribution in [1.29, 1.82) is 0 Å². The molecule has 5 N–H and O–H groups in total. The van der Waals surface area contributed by atoms with E-state index in [0.717, 1.165) is 30.4 Å². The number of likely N-dealkylation sites (tertiary alicyclic amines) is 1. The summed E-state index contributed by atoms with van der Waals surface area (Å²) in [6, 6.07) is 3.88. The Labute approximate surface area is 294 Å². The molecule has 1 aromatic carbocycles. The van der Waals surface area contributed by atoms with Crippen LogP contribution in [0.15, 0.2) is 24.3 Å². The van der Waals surface area contributed by atoms with Crippen LogP contribution in [0.1, 0.15) is 71.4 Å². The molecule has 1 heterocycles. The highest BCUT2D eigenvalue weighted by atomic mass is 16.6. The number of fused-ring (bicyclic) bond motifs is 2. The molecule has 13 heteroatoms. The van der Waals surface area contributed by atoms with Gasteiger partial charge in [0.15, 0.2) is 0 Å². The first-order chi connectivity index (χ1) is 23.4. The Balaban J connectivity index is 1.38. The summed E-state index contributed by atoms with van der Waals surface area (Å²) in [6.07, 6.45) is 3.78. The number of benzene rings is 1. The number of nitrogens with one attached hydrogen (secondary N) is 3. The molecule has 2 saturated carbocycles. The number of rotatable bonds is 12. The largest absolute Gasteiger partial charge is 0.447 e. The topological polar surface area (TPSA) is 180 Å². The van der Waals surface area contributed by atoms with Crippen LogP contribution in [0.4, 0.5) is 9.59 Å². The third-order valence-corrected chi connectivity index (χ3v) is 11.6. The number of hydrogen-bond donors (Lipinski definition) is 4. The maximum absolute atomic E-state index is 14.7. The van der Waals surface area contributed by atoms with Crippen LogP contribution in [0.3, 0.4) is 0 Å². The molecule has 0 bridgehead atoms. The fraction of sp³-hybridized carbons (Fsp3) is 0.676. The van der Waals surface area contributed by atoms with E-state index < -0.39 is 59.3 Å². The molecular weight excluding hydrogens is 640 g/mol. The van der Waals surface area contributed by atoms with E-state index in [0.29, 0.717) is 25.8 Å². The summed E-state index contributed by atoms with van der Waals surface area (Å²) >= 11 is 0. The van der Waals surface area contributed by atoms with Crippen LogP contribution in [0.25, 0.3) is 0 Å². The molecule has 1 aliphatic heterocycles. The number of nitrogens with zero attached hydrogens (tertiary/aromatic N) is 2. The third-order valence-electron chi connectivity index (χ3n) is 11.6. The number of piperidine rings is 1. The Morgan fingerprint density at radius 3 is 2.14 bits per heavy atom. The number of nitrogens with two attached hydrogens (primary N) is 1. The van der Waals surface area contributed by atoms with Crippen molar-refractivity contribution in [2.45, 2.75) is 97.3 Å². The van der Waals surface area contributed by atoms with Crippen LogP contribution in [0.5, 0.6) is 0 Å². The molecule has 3 aliphatic carbocycles. The number of carbonyl (C=O) groups excluding carboxylic acids is 6. The van der Waals surface area contributed by atoms with Gasteiger partial charge in [0.05, 0.1) is 12.1 Å². The number of urea groups is 1. The predicted octanol–water partition coefficient (Wildman–Crippen LogP) is 2.39. The van der Waals surface area contributed by atoms with E-state index >= 15 is 0 Å². The number of hydrogen-bond acceptors (Lipinski definition) is 7. The molecule has 4 aliphatic rings. The average Bonchev–Trinajstić information content (AvgIpc) is 3.38. The maximum Gasteiger partial charge on any atom is 0.409 e. The molecule has 6 atom stereocenters. The predicted molar refractivity (Wildman–Crippen MR) is 185 cm³/mol. The summed E-state index contributed by atoms with van der Waals surface area (Å²) in [4.78, 5) is 82.4. The van der Waals surface area contributed by atoms with Crippen LogP contribution in [-0.2, 0) is 36.8 Å². The molecule has 50 heavy (non-hydrogen) atoms. The van der Waals surface area contributed by atoms with Gasteiger partial charge in [0, 0.05) is 20.6 Å². The molecule has 6 amide bonds. The lowest BCUT2D eigenvalue weighted by molar-refractivity contribution is -0.144. The standard InChI is InChI=1S/C37H54N6O7/c1-36(2,3)26(19-50-35(49)42(6)7)40-34(48)41-28(23-16-21-13-8-9-14-22(21)17-23)33(47)43-18-24-27(37(24,4)5)29(43)32(46)39-25(30(44)31(38)45)15-20-11-10-12-20/h8-9,13-14,20,23-29H,10-12,15-19H2,1-7H3,(H2,38,45)(H,39,46)(H2,40,41,48)/t24-,25?,26+,27-,28-,29-/m0/s1. The van der Waals surface area contributed by atoms with E-state index in [1.807, 2.05) is 45.0 Å². The van der Waals surface area contributed by atoms with Crippen LogP contribution in [-0.4, -0.2) is 96.8 Å². The minimum Gasteiger partial charge on any atom is -0.447 e. The van der Waals surface area contributed by atoms with Gasteiger partial charge >= 0.3 is 12.1 Å². The van der Waals surface area contributed by atoms with Crippen LogP contribution in [0, 0.1) is 34.5 Å². The zero-order valence-corrected chi connectivity index (χ0v) is 30.4. The smallest absolute Gasteiger partial charge is 0.409 e. The van der Waals surface area contributed by atoms with Crippen molar-refractivity contribution < 1.29 is 33.5 Å². The van der Waals surface area contributed by atoms with Gasteiger partial charge in [-0.3, -0.25) is 19.2 Å². The highest BCUT2D eigenvalue weighted by molar-refractivity contribution is 6.37. The second-order valence-corrected chi connectivity index (χ2v) is 16.6. The van der Waals surface area contributed by atoms with Gasteiger partial charge in [-0.1, -0.05) is 78.1 Å². The van der Waals surface area contributed by atoms with E-state index in [4.69, 9.17) is 10.5 Å². The second-order valence-electron chi connectivity index (χ2n) is 16.6. The van der Waals surface area contributed by atoms with Gasteiger partial charge in [-0.15, -0.1) is 0 Å². The highest BCUT2D eigenvalue weighted by Gasteiger charge is 2.70. The van der Waals surface area contributed by atoms with Gasteiger partial charge in [0.2, 0.25) is 17.6 Å². The first-order valence-corrected chi connectivity index (χ1v) is 17.8. The lowest BCUT2D eigenvalue weighted by atomic mass is 9.80. The molecule has 5 rings (SSSR count). The third kappa shape index (κ3) is 7.76. The Morgan fingerprint density at radius 2 is 1.62 bits per heavy atom. The first-order valence-electron chi connectivity index (χ1n) is 17.8. The number of Topliss-reactive ketones (excluding diaryl/α,β-unsaturated/α-hetero) is 1. The molecular formula is C37H54N6O7. The van der Waals surface area contributed by atoms with Crippen molar-refractivity contribution in [3.63, 3.8) is 0 Å². The normalized spacial score (nSPS) is 24.1. The van der Waals surface area contributed by atoms with Gasteiger partial charge < -0.3 is 36.2 Å². The van der Waals surface area contributed by atoms with Crippen molar-refractivity contribution in [2.24, 2.45) is 40.2 Å². The Morgan fingerprint density at radius 1 is 1.00 bits per heavy atom. The number of ether oxygens (including phenoxy) is 1. The van der Waals surface area contributed by atoms with Crippen LogP contribution < -0.4 is 21.7 Å². The average molecular weight is 695 g/mol. The van der Waals surface area contributed by atoms with E-state index in [9.17, 15) is 28.8 Å². The summed E-state index contributed by atoms with van der Waals surface area (Å²) in [7, 11) is 3.15. The molecule has 0 spiro atoms. The van der Waals surface area contributed by atoms with Crippen molar-refractivity contribution in [3.8, 4) is 0 Å². The number of carbonyl (C=O) groups is 6. The van der Waals surface area contributed by atoms with E-state index in [2.05, 4.69) is 29.8 Å². The van der Waals surface area contributed by atoms with Gasteiger partial charge in [-0.05, 0) is 64.9 Å². The zero-order valence-electron chi connectivity index (χ0n) is 30.4. The second kappa shape index (κ2) is 14.2. The molecule has 1 unspecified atom stereocenters.